The normalized spacial score (nSPS) is 12.6. The van der Waals surface area contributed by atoms with Gasteiger partial charge in [-0.05, 0) is 67.8 Å². The molecule has 0 radical (unpaired) electrons. The first-order chi connectivity index (χ1) is 16.6. The summed E-state index contributed by atoms with van der Waals surface area (Å²) in [5.74, 6) is -0.0409. The van der Waals surface area contributed by atoms with E-state index in [1.807, 2.05) is 64.1 Å². The van der Waals surface area contributed by atoms with Crippen molar-refractivity contribution >= 4 is 56.8 Å². The van der Waals surface area contributed by atoms with Crippen LogP contribution in [-0.2, 0) is 16.1 Å². The van der Waals surface area contributed by atoms with Gasteiger partial charge in [0, 0.05) is 51.0 Å². The van der Waals surface area contributed by atoms with Gasteiger partial charge in [-0.2, -0.15) is 0 Å². The molecule has 0 spiro atoms. The molecule has 3 aromatic carbocycles. The molecular weight excluding hydrogens is 454 g/mol. The average Bonchev–Trinajstić information content (AvgIpc) is 3.12. The quantitative estimate of drug-likeness (QED) is 0.269. The zero-order valence-electron chi connectivity index (χ0n) is 21.0. The van der Waals surface area contributed by atoms with E-state index in [-0.39, 0.29) is 22.5 Å². The Morgan fingerprint density at radius 1 is 0.886 bits per heavy atom. The molecule has 2 amide bonds. The van der Waals surface area contributed by atoms with Crippen molar-refractivity contribution in [2.24, 2.45) is 5.41 Å². The molecule has 0 saturated carbocycles. The summed E-state index contributed by atoms with van der Waals surface area (Å²) in [6.45, 7) is 11.1. The molecule has 0 fully saturated rings. The first-order valence-corrected chi connectivity index (χ1v) is 12.9. The molecule has 0 saturated heterocycles. The van der Waals surface area contributed by atoms with Crippen LogP contribution in [0.5, 0.6) is 0 Å². The lowest BCUT2D eigenvalue weighted by molar-refractivity contribution is -0.118. The van der Waals surface area contributed by atoms with Gasteiger partial charge in [-0.25, -0.2) is 0 Å². The van der Waals surface area contributed by atoms with Gasteiger partial charge in [-0.1, -0.05) is 39.0 Å². The molecule has 4 aromatic rings. The average molecular weight is 488 g/mol. The minimum absolute atomic E-state index is 0.00433. The molecule has 5 nitrogen and oxygen atoms in total. The number of nitrogens with one attached hydrogen (secondary N) is 2. The van der Waals surface area contributed by atoms with E-state index in [1.54, 1.807) is 0 Å². The molecule has 1 atom stereocenters. The summed E-state index contributed by atoms with van der Waals surface area (Å²) in [6.07, 6.45) is 0.464. The predicted molar refractivity (Wildman–Crippen MR) is 148 cm³/mol. The second-order valence-electron chi connectivity index (χ2n) is 10.1. The number of benzene rings is 3. The van der Waals surface area contributed by atoms with E-state index in [2.05, 4.69) is 52.5 Å². The molecule has 1 aromatic heterocycles. The van der Waals surface area contributed by atoms with Gasteiger partial charge in [-0.15, -0.1) is 11.8 Å². The van der Waals surface area contributed by atoms with Crippen molar-refractivity contribution in [3.8, 4) is 0 Å². The third-order valence-electron chi connectivity index (χ3n) is 5.87. The molecule has 1 heterocycles. The number of carbonyl (C=O) groups excluding carboxylic acids is 2. The van der Waals surface area contributed by atoms with Crippen LogP contribution >= 0.6 is 11.8 Å². The van der Waals surface area contributed by atoms with Crippen LogP contribution in [0.2, 0.25) is 0 Å². The third-order valence-corrected chi connectivity index (χ3v) is 6.98. The number of nitrogens with zero attached hydrogens (tertiary/aromatic N) is 1. The maximum absolute atomic E-state index is 12.9. The molecule has 2 N–H and O–H groups in total. The van der Waals surface area contributed by atoms with Gasteiger partial charge < -0.3 is 15.2 Å². The van der Waals surface area contributed by atoms with Crippen molar-refractivity contribution in [2.75, 3.05) is 10.6 Å². The number of para-hydroxylation sites is 1. The van der Waals surface area contributed by atoms with Crippen molar-refractivity contribution in [2.45, 2.75) is 57.7 Å². The zero-order valence-corrected chi connectivity index (χ0v) is 21.8. The number of hydrogen-bond acceptors (Lipinski definition) is 3. The SMILES string of the molecule is CCn1c2ccccc2c2cc(NC(=O)C(C)Sc3ccc(NC(=O)CC(C)(C)C)cc3)ccc21. The number of rotatable bonds is 7. The van der Waals surface area contributed by atoms with E-state index >= 15 is 0 Å². The Hall–Kier alpha value is -3.25. The maximum Gasteiger partial charge on any atom is 0.237 e. The van der Waals surface area contributed by atoms with Gasteiger partial charge >= 0.3 is 0 Å². The fraction of sp³-hybridized carbons (Fsp3) is 0.310. The Morgan fingerprint density at radius 3 is 2.23 bits per heavy atom. The van der Waals surface area contributed by atoms with Crippen LogP contribution in [0.15, 0.2) is 71.6 Å². The summed E-state index contributed by atoms with van der Waals surface area (Å²) in [7, 11) is 0. The van der Waals surface area contributed by atoms with E-state index in [0.29, 0.717) is 6.42 Å². The van der Waals surface area contributed by atoms with Crippen LogP contribution < -0.4 is 10.6 Å². The molecular formula is C29H33N3O2S. The molecule has 0 aliphatic rings. The number of hydrogen-bond donors (Lipinski definition) is 2. The summed E-state index contributed by atoms with van der Waals surface area (Å²) >= 11 is 1.49. The Kier molecular flexibility index (Phi) is 7.22. The van der Waals surface area contributed by atoms with Crippen LogP contribution in [0, 0.1) is 5.41 Å². The fourth-order valence-electron chi connectivity index (χ4n) is 4.28. The second-order valence-corrected chi connectivity index (χ2v) is 11.5. The summed E-state index contributed by atoms with van der Waals surface area (Å²) in [5.41, 5.74) is 3.88. The number of anilines is 2. The standard InChI is InChI=1S/C29H33N3O2S/c1-6-32-25-10-8-7-9-23(25)24-17-21(13-16-26(24)32)31-28(34)19(2)35-22-14-11-20(12-15-22)30-27(33)18-29(3,4)5/h7-17,19H,6,18H2,1-5H3,(H,30,33)(H,31,34). The monoisotopic (exact) mass is 487 g/mol. The van der Waals surface area contributed by atoms with Crippen LogP contribution in [0.4, 0.5) is 11.4 Å². The molecule has 6 heteroatoms. The molecule has 0 aliphatic carbocycles. The van der Waals surface area contributed by atoms with E-state index in [4.69, 9.17) is 0 Å². The molecule has 4 rings (SSSR count). The summed E-state index contributed by atoms with van der Waals surface area (Å²) in [6, 6.07) is 22.1. The number of carbonyl (C=O) groups is 2. The Labute approximate surface area is 211 Å². The molecule has 1 unspecified atom stereocenters. The van der Waals surface area contributed by atoms with Gasteiger partial charge in [0.25, 0.3) is 0 Å². The topological polar surface area (TPSA) is 63.1 Å². The van der Waals surface area contributed by atoms with E-state index in [9.17, 15) is 9.59 Å². The largest absolute Gasteiger partial charge is 0.341 e. The van der Waals surface area contributed by atoms with E-state index in [1.165, 1.54) is 28.2 Å². The van der Waals surface area contributed by atoms with E-state index in [0.717, 1.165) is 28.2 Å². The summed E-state index contributed by atoms with van der Waals surface area (Å²) in [4.78, 5) is 26.1. The Morgan fingerprint density at radius 2 is 1.54 bits per heavy atom. The maximum atomic E-state index is 12.9. The van der Waals surface area contributed by atoms with Gasteiger partial charge in [0.05, 0.1) is 5.25 Å². The molecule has 182 valence electrons. The van der Waals surface area contributed by atoms with Crippen molar-refractivity contribution in [1.82, 2.24) is 4.57 Å². The molecule has 0 aliphatic heterocycles. The van der Waals surface area contributed by atoms with Gasteiger partial charge in [0.15, 0.2) is 0 Å². The van der Waals surface area contributed by atoms with Crippen LogP contribution in [0.25, 0.3) is 21.8 Å². The van der Waals surface area contributed by atoms with Crippen molar-refractivity contribution in [3.05, 3.63) is 66.7 Å². The minimum Gasteiger partial charge on any atom is -0.341 e. The third kappa shape index (κ3) is 5.88. The van der Waals surface area contributed by atoms with Crippen molar-refractivity contribution in [3.63, 3.8) is 0 Å². The highest BCUT2D eigenvalue weighted by atomic mass is 32.2. The first kappa shape index (κ1) is 24.9. The number of aryl methyl sites for hydroxylation is 1. The molecule has 0 bridgehead atoms. The summed E-state index contributed by atoms with van der Waals surface area (Å²) in [5, 5.41) is 8.08. The highest BCUT2D eigenvalue weighted by molar-refractivity contribution is 8.00. The van der Waals surface area contributed by atoms with Crippen LogP contribution in [0.1, 0.15) is 41.0 Å². The van der Waals surface area contributed by atoms with E-state index < -0.39 is 0 Å². The highest BCUT2D eigenvalue weighted by Gasteiger charge is 2.18. The number of thioether (sulfide) groups is 1. The van der Waals surface area contributed by atoms with Crippen LogP contribution in [-0.4, -0.2) is 21.6 Å². The fourth-order valence-corrected chi connectivity index (χ4v) is 5.14. The van der Waals surface area contributed by atoms with Gasteiger partial charge in [0.2, 0.25) is 11.8 Å². The smallest absolute Gasteiger partial charge is 0.237 e. The zero-order chi connectivity index (χ0) is 25.2. The lowest BCUT2D eigenvalue weighted by atomic mass is 9.92. The minimum atomic E-state index is -0.274. The van der Waals surface area contributed by atoms with Crippen molar-refractivity contribution < 1.29 is 9.59 Å². The number of aromatic nitrogens is 1. The first-order valence-electron chi connectivity index (χ1n) is 12.0. The molecule has 35 heavy (non-hydrogen) atoms. The van der Waals surface area contributed by atoms with Gasteiger partial charge in [-0.3, -0.25) is 9.59 Å². The number of amides is 2. The Balaban J connectivity index is 1.41. The predicted octanol–water partition coefficient (Wildman–Crippen LogP) is 7.31. The Bertz CT molecular complexity index is 1370. The number of fused-ring (bicyclic) bond motifs is 3. The van der Waals surface area contributed by atoms with Crippen LogP contribution in [0.3, 0.4) is 0 Å². The van der Waals surface area contributed by atoms with Crippen molar-refractivity contribution in [1.29, 1.82) is 0 Å². The summed E-state index contributed by atoms with van der Waals surface area (Å²) < 4.78 is 2.30. The highest BCUT2D eigenvalue weighted by Crippen LogP contribution is 2.32. The lowest BCUT2D eigenvalue weighted by Crippen LogP contribution is -2.22. The van der Waals surface area contributed by atoms with Gasteiger partial charge in [0.1, 0.15) is 0 Å². The lowest BCUT2D eigenvalue weighted by Gasteiger charge is -2.17. The second kappa shape index (κ2) is 10.2.